The molecule has 6 heteroatoms. The lowest BCUT2D eigenvalue weighted by molar-refractivity contribution is -0.209. The molecule has 0 saturated heterocycles. The molecule has 1 aromatic rings. The fourth-order valence-corrected chi connectivity index (χ4v) is 11.6. The Balaban J connectivity index is 1.27. The summed E-state index contributed by atoms with van der Waals surface area (Å²) in [5.74, 6) is 0.150. The van der Waals surface area contributed by atoms with Crippen LogP contribution in [-0.4, -0.2) is 36.0 Å². The summed E-state index contributed by atoms with van der Waals surface area (Å²) in [5, 5.41) is 10.2. The minimum atomic E-state index is -0.753. The second-order valence-electron chi connectivity index (χ2n) is 17.5. The number of hydrogen-bond donors (Lipinski definition) is 1. The summed E-state index contributed by atoms with van der Waals surface area (Å²) in [5.41, 5.74) is 0.516. The zero-order chi connectivity index (χ0) is 33.5. The standard InChI is InChI=1S/C40H54O6/c1-35(2)30-14-17-40(7)33(38(30,5)16-15-31(35)46-32(42)13-12-25-10-9-11-26(22-25)45-8)29(41)23-27-28-24-37(4,34(43)44)19-18-36(28,3)20-21-39(27,40)6/h9-13,22-23,28,30-31,33H,14-21,24H2,1-8H3,(H,43,44)/b13-12+/t28-,30-,31-,33+,36+,37-,38-,39+,40+/m0/s1. The van der Waals surface area contributed by atoms with E-state index < -0.39 is 11.4 Å². The molecule has 250 valence electrons. The van der Waals surface area contributed by atoms with E-state index in [1.165, 1.54) is 11.6 Å². The first-order valence-corrected chi connectivity index (χ1v) is 17.5. The van der Waals surface area contributed by atoms with Crippen molar-refractivity contribution in [3.63, 3.8) is 0 Å². The quantitative estimate of drug-likeness (QED) is 0.259. The van der Waals surface area contributed by atoms with Crippen molar-refractivity contribution in [2.45, 2.75) is 112 Å². The molecular weight excluding hydrogens is 576 g/mol. The van der Waals surface area contributed by atoms with Crippen molar-refractivity contribution in [3.05, 3.63) is 47.6 Å². The molecule has 6 rings (SSSR count). The van der Waals surface area contributed by atoms with Crippen molar-refractivity contribution < 1.29 is 29.0 Å². The van der Waals surface area contributed by atoms with Gasteiger partial charge >= 0.3 is 11.9 Å². The van der Waals surface area contributed by atoms with Gasteiger partial charge in [-0.25, -0.2) is 4.79 Å². The average molecular weight is 631 g/mol. The van der Waals surface area contributed by atoms with Crippen molar-refractivity contribution >= 4 is 23.8 Å². The van der Waals surface area contributed by atoms with Gasteiger partial charge in [0.25, 0.3) is 0 Å². The Hall–Kier alpha value is -2.89. The topological polar surface area (TPSA) is 89.9 Å². The third kappa shape index (κ3) is 4.74. The minimum absolute atomic E-state index is 0.0375. The Bertz CT molecular complexity index is 1500. The van der Waals surface area contributed by atoms with Gasteiger partial charge in [-0.15, -0.1) is 0 Å². The number of rotatable bonds is 5. The van der Waals surface area contributed by atoms with Gasteiger partial charge in [-0.2, -0.15) is 0 Å². The number of aliphatic carboxylic acids is 1. The van der Waals surface area contributed by atoms with Crippen LogP contribution in [0, 0.1) is 50.2 Å². The van der Waals surface area contributed by atoms with Crippen molar-refractivity contribution in [2.24, 2.45) is 50.2 Å². The van der Waals surface area contributed by atoms with Gasteiger partial charge < -0.3 is 14.6 Å². The van der Waals surface area contributed by atoms with Gasteiger partial charge in [0, 0.05) is 17.4 Å². The summed E-state index contributed by atoms with van der Waals surface area (Å²) in [6.07, 6.45) is 12.9. The van der Waals surface area contributed by atoms with E-state index in [4.69, 9.17) is 9.47 Å². The highest BCUT2D eigenvalue weighted by Gasteiger charge is 2.70. The summed E-state index contributed by atoms with van der Waals surface area (Å²) in [6.45, 7) is 15.8. The Labute approximate surface area is 275 Å². The predicted octanol–water partition coefficient (Wildman–Crippen LogP) is 8.69. The van der Waals surface area contributed by atoms with Crippen LogP contribution < -0.4 is 4.74 Å². The average Bonchev–Trinajstić information content (AvgIpc) is 2.99. The number of methoxy groups -OCH3 is 1. The van der Waals surface area contributed by atoms with Gasteiger partial charge in [0.2, 0.25) is 0 Å². The molecule has 0 spiro atoms. The Morgan fingerprint density at radius 3 is 2.35 bits per heavy atom. The number of ether oxygens (including phenoxy) is 2. The molecule has 0 radical (unpaired) electrons. The molecule has 46 heavy (non-hydrogen) atoms. The third-order valence-electron chi connectivity index (χ3n) is 14.8. The summed E-state index contributed by atoms with van der Waals surface area (Å²) in [6, 6.07) is 7.57. The van der Waals surface area contributed by atoms with Gasteiger partial charge in [0.1, 0.15) is 11.9 Å². The zero-order valence-corrected chi connectivity index (χ0v) is 29.2. The maximum atomic E-state index is 14.6. The van der Waals surface area contributed by atoms with Crippen LogP contribution in [-0.2, 0) is 19.1 Å². The highest BCUT2D eigenvalue weighted by atomic mass is 16.5. The number of ketones is 1. The molecule has 0 amide bonds. The molecule has 5 aliphatic rings. The largest absolute Gasteiger partial charge is 0.497 e. The van der Waals surface area contributed by atoms with E-state index >= 15 is 0 Å². The van der Waals surface area contributed by atoms with Crippen molar-refractivity contribution in [1.82, 2.24) is 0 Å². The number of allylic oxidation sites excluding steroid dienone is 2. The number of esters is 1. The molecule has 0 unspecified atom stereocenters. The molecule has 9 atom stereocenters. The van der Waals surface area contributed by atoms with Gasteiger partial charge in [-0.3, -0.25) is 9.59 Å². The first-order chi connectivity index (χ1) is 21.4. The number of hydrogen-bond acceptors (Lipinski definition) is 5. The first-order valence-electron chi connectivity index (χ1n) is 17.5. The van der Waals surface area contributed by atoms with E-state index in [0.717, 1.165) is 56.3 Å². The predicted molar refractivity (Wildman–Crippen MR) is 179 cm³/mol. The van der Waals surface area contributed by atoms with Gasteiger partial charge in [-0.05, 0) is 128 Å². The van der Waals surface area contributed by atoms with Crippen molar-refractivity contribution in [1.29, 1.82) is 0 Å². The monoisotopic (exact) mass is 630 g/mol. The van der Waals surface area contributed by atoms with Crippen LogP contribution in [0.15, 0.2) is 42.0 Å². The second-order valence-corrected chi connectivity index (χ2v) is 17.5. The number of carbonyl (C=O) groups is 3. The summed E-state index contributed by atoms with van der Waals surface area (Å²) < 4.78 is 11.5. The van der Waals surface area contributed by atoms with Crippen LogP contribution in [0.1, 0.15) is 112 Å². The Kier molecular flexibility index (Phi) is 7.77. The van der Waals surface area contributed by atoms with Gasteiger partial charge in [0.15, 0.2) is 5.78 Å². The number of carboxylic acids is 1. The van der Waals surface area contributed by atoms with Crippen molar-refractivity contribution in [3.8, 4) is 5.75 Å². The van der Waals surface area contributed by atoms with Gasteiger partial charge in [0.05, 0.1) is 12.5 Å². The molecule has 5 aliphatic carbocycles. The minimum Gasteiger partial charge on any atom is -0.497 e. The van der Waals surface area contributed by atoms with E-state index in [2.05, 4.69) is 41.5 Å². The van der Waals surface area contributed by atoms with Crippen LogP contribution in [0.2, 0.25) is 0 Å². The van der Waals surface area contributed by atoms with E-state index in [9.17, 15) is 19.5 Å². The molecule has 0 heterocycles. The van der Waals surface area contributed by atoms with E-state index in [0.29, 0.717) is 12.8 Å². The Morgan fingerprint density at radius 2 is 1.65 bits per heavy atom. The van der Waals surface area contributed by atoms with E-state index in [1.807, 2.05) is 37.3 Å². The highest BCUT2D eigenvalue weighted by Crippen LogP contribution is 2.75. The fraction of sp³-hybridized carbons (Fsp3) is 0.675. The van der Waals surface area contributed by atoms with Crippen molar-refractivity contribution in [2.75, 3.05) is 7.11 Å². The van der Waals surface area contributed by atoms with Crippen LogP contribution in [0.4, 0.5) is 0 Å². The molecule has 1 aromatic carbocycles. The zero-order valence-electron chi connectivity index (χ0n) is 29.2. The molecule has 1 N–H and O–H groups in total. The van der Waals surface area contributed by atoms with Crippen LogP contribution in [0.3, 0.4) is 0 Å². The molecule has 0 aliphatic heterocycles. The van der Waals surface area contributed by atoms with Crippen LogP contribution in [0.25, 0.3) is 6.08 Å². The lowest BCUT2D eigenvalue weighted by atomic mass is 9.33. The molecule has 0 bridgehead atoms. The normalized spacial score (nSPS) is 43.0. The lowest BCUT2D eigenvalue weighted by Gasteiger charge is -2.70. The summed E-state index contributed by atoms with van der Waals surface area (Å²) >= 11 is 0. The fourth-order valence-electron chi connectivity index (χ4n) is 11.6. The summed E-state index contributed by atoms with van der Waals surface area (Å²) in [4.78, 5) is 40.1. The highest BCUT2D eigenvalue weighted by molar-refractivity contribution is 5.96. The molecule has 4 fully saturated rings. The number of benzene rings is 1. The Morgan fingerprint density at radius 1 is 0.935 bits per heavy atom. The maximum absolute atomic E-state index is 14.6. The van der Waals surface area contributed by atoms with E-state index in [-0.39, 0.29) is 62.7 Å². The lowest BCUT2D eigenvalue weighted by Crippen LogP contribution is -2.66. The molecule has 4 saturated carbocycles. The number of carbonyl (C=O) groups excluding carboxylic acids is 2. The second kappa shape index (κ2) is 10.8. The van der Waals surface area contributed by atoms with Gasteiger partial charge in [-0.1, -0.05) is 59.2 Å². The first kappa shape index (κ1) is 33.0. The summed E-state index contributed by atoms with van der Waals surface area (Å²) in [7, 11) is 1.62. The van der Waals surface area contributed by atoms with E-state index in [1.54, 1.807) is 13.2 Å². The molecule has 0 aromatic heterocycles. The smallest absolute Gasteiger partial charge is 0.331 e. The van der Waals surface area contributed by atoms with Crippen LogP contribution in [0.5, 0.6) is 5.75 Å². The number of carboxylic acid groups (broad SMARTS) is 1. The third-order valence-corrected chi connectivity index (χ3v) is 14.8. The molecule has 6 nitrogen and oxygen atoms in total. The number of fused-ring (bicyclic) bond motifs is 7. The SMILES string of the molecule is COc1cccc(/C=C/C(=O)O[C@H]2CC[C@]3(C)[C@H]4C(=O)C=C5[C@@H]6C[C@@](C)(C(=O)O)CC[C@]6(C)CC[C@@]5(C)[C@]4(C)CC[C@H]3C2(C)C)c1. The van der Waals surface area contributed by atoms with Crippen LogP contribution >= 0.6 is 0 Å². The maximum Gasteiger partial charge on any atom is 0.331 e. The molecular formula is C40H54O6.